The summed E-state index contributed by atoms with van der Waals surface area (Å²) in [6.07, 6.45) is 5.41. The molecule has 0 aliphatic rings. The zero-order valence-electron chi connectivity index (χ0n) is 20.2. The number of carboxylic acid groups (broad SMARTS) is 1. The van der Waals surface area contributed by atoms with Crippen LogP contribution >= 0.6 is 0 Å². The molecule has 2 N–H and O–H groups in total. The van der Waals surface area contributed by atoms with Crippen LogP contribution in [0, 0.1) is 0 Å². The molecule has 4 rings (SSSR count). The van der Waals surface area contributed by atoms with Crippen molar-refractivity contribution in [3.8, 4) is 11.1 Å². The number of carbonyl (C=O) groups is 1. The van der Waals surface area contributed by atoms with E-state index in [4.69, 9.17) is 4.98 Å². The van der Waals surface area contributed by atoms with Gasteiger partial charge in [0.15, 0.2) is 0 Å². The minimum Gasteiger partial charge on any atom is -0.480 e. The second kappa shape index (κ2) is 12.1. The quantitative estimate of drug-likeness (QED) is 0.279. The Balaban J connectivity index is 1.50. The van der Waals surface area contributed by atoms with Crippen LogP contribution in [0.2, 0.25) is 0 Å². The fraction of sp³-hybridized carbons (Fsp3) is 0.267. The summed E-state index contributed by atoms with van der Waals surface area (Å²) in [5.74, 6) is 0.202. The van der Waals surface area contributed by atoms with E-state index < -0.39 is 12.0 Å². The van der Waals surface area contributed by atoms with Gasteiger partial charge >= 0.3 is 5.97 Å². The highest BCUT2D eigenvalue weighted by Gasteiger charge is 2.19. The van der Waals surface area contributed by atoms with Crippen molar-refractivity contribution in [2.24, 2.45) is 0 Å². The van der Waals surface area contributed by atoms with Gasteiger partial charge in [0.2, 0.25) is 0 Å². The number of carboxylic acids is 1. The van der Waals surface area contributed by atoms with E-state index in [9.17, 15) is 9.90 Å². The SMILES string of the molecule is CCCCc1ncc(CNC(Cc2ccccc2)C(=O)O)n1Cc1ccc(-c2ccccc2)cc1. The highest BCUT2D eigenvalue weighted by atomic mass is 16.4. The topological polar surface area (TPSA) is 67.2 Å². The van der Waals surface area contributed by atoms with E-state index in [2.05, 4.69) is 65.3 Å². The number of aliphatic carboxylic acids is 1. The summed E-state index contributed by atoms with van der Waals surface area (Å²) in [6.45, 7) is 3.34. The summed E-state index contributed by atoms with van der Waals surface area (Å²) in [5.41, 5.74) is 5.60. The highest BCUT2D eigenvalue weighted by molar-refractivity contribution is 5.73. The molecule has 0 saturated carbocycles. The third kappa shape index (κ3) is 6.67. The van der Waals surface area contributed by atoms with Gasteiger partial charge in [-0.05, 0) is 35.1 Å². The molecule has 0 radical (unpaired) electrons. The second-order valence-corrected chi connectivity index (χ2v) is 8.88. The predicted molar refractivity (Wildman–Crippen MR) is 140 cm³/mol. The van der Waals surface area contributed by atoms with E-state index >= 15 is 0 Å². The number of rotatable bonds is 12. The third-order valence-electron chi connectivity index (χ3n) is 6.29. The van der Waals surface area contributed by atoms with Crippen LogP contribution in [0.25, 0.3) is 11.1 Å². The van der Waals surface area contributed by atoms with Crippen LogP contribution in [0.4, 0.5) is 0 Å². The van der Waals surface area contributed by atoms with Crippen molar-refractivity contribution in [1.82, 2.24) is 14.9 Å². The summed E-state index contributed by atoms with van der Waals surface area (Å²) < 4.78 is 2.24. The van der Waals surface area contributed by atoms with Gasteiger partial charge in [0.25, 0.3) is 0 Å². The molecule has 0 aliphatic heterocycles. The lowest BCUT2D eigenvalue weighted by molar-refractivity contribution is -0.139. The average molecular weight is 468 g/mol. The van der Waals surface area contributed by atoms with Gasteiger partial charge in [0.1, 0.15) is 11.9 Å². The fourth-order valence-electron chi connectivity index (χ4n) is 4.26. The van der Waals surface area contributed by atoms with Crippen molar-refractivity contribution in [1.29, 1.82) is 0 Å². The first-order valence-corrected chi connectivity index (χ1v) is 12.3. The molecule has 1 heterocycles. The number of hydrogen-bond donors (Lipinski definition) is 2. The maximum Gasteiger partial charge on any atom is 0.321 e. The summed E-state index contributed by atoms with van der Waals surface area (Å²) >= 11 is 0. The lowest BCUT2D eigenvalue weighted by Gasteiger charge is -2.17. The van der Waals surface area contributed by atoms with E-state index in [0.29, 0.717) is 19.5 Å². The first-order valence-electron chi connectivity index (χ1n) is 12.3. The van der Waals surface area contributed by atoms with Crippen molar-refractivity contribution in [2.45, 2.75) is 51.7 Å². The monoisotopic (exact) mass is 467 g/mol. The van der Waals surface area contributed by atoms with E-state index in [1.165, 1.54) is 16.7 Å². The molecule has 0 saturated heterocycles. The Hall–Kier alpha value is -3.70. The second-order valence-electron chi connectivity index (χ2n) is 8.88. The summed E-state index contributed by atoms with van der Waals surface area (Å²) in [6, 6.07) is 28.1. The fourth-order valence-corrected chi connectivity index (χ4v) is 4.26. The molecule has 3 aromatic carbocycles. The minimum absolute atomic E-state index is 0.438. The van der Waals surface area contributed by atoms with Crippen molar-refractivity contribution in [3.05, 3.63) is 114 Å². The number of aryl methyl sites for hydroxylation is 1. The lowest BCUT2D eigenvalue weighted by atomic mass is 10.0. The Morgan fingerprint density at radius 2 is 1.57 bits per heavy atom. The third-order valence-corrected chi connectivity index (χ3v) is 6.29. The summed E-state index contributed by atoms with van der Waals surface area (Å²) in [5, 5.41) is 13.0. The molecule has 0 bridgehead atoms. The molecule has 4 aromatic rings. The van der Waals surface area contributed by atoms with Crippen LogP contribution in [0.5, 0.6) is 0 Å². The van der Waals surface area contributed by atoms with E-state index in [1.54, 1.807) is 0 Å². The molecule has 35 heavy (non-hydrogen) atoms. The Labute approximate surface area is 207 Å². The van der Waals surface area contributed by atoms with Crippen molar-refractivity contribution < 1.29 is 9.90 Å². The van der Waals surface area contributed by atoms with Crippen LogP contribution in [-0.2, 0) is 30.7 Å². The lowest BCUT2D eigenvalue weighted by Crippen LogP contribution is -2.38. The number of hydrogen-bond acceptors (Lipinski definition) is 3. The summed E-state index contributed by atoms with van der Waals surface area (Å²) in [7, 11) is 0. The molecule has 5 heteroatoms. The first kappa shape index (κ1) is 24.4. The molecular weight excluding hydrogens is 434 g/mol. The normalized spacial score (nSPS) is 11.9. The van der Waals surface area contributed by atoms with Gasteiger partial charge < -0.3 is 9.67 Å². The van der Waals surface area contributed by atoms with Crippen LogP contribution in [0.3, 0.4) is 0 Å². The molecule has 1 unspecified atom stereocenters. The van der Waals surface area contributed by atoms with E-state index in [0.717, 1.165) is 36.3 Å². The van der Waals surface area contributed by atoms with Gasteiger partial charge in [-0.25, -0.2) is 4.98 Å². The van der Waals surface area contributed by atoms with Gasteiger partial charge in [-0.3, -0.25) is 10.1 Å². The van der Waals surface area contributed by atoms with E-state index in [-0.39, 0.29) is 0 Å². The number of aromatic nitrogens is 2. The predicted octanol–water partition coefficient (Wildman–Crippen LogP) is 5.73. The zero-order valence-corrected chi connectivity index (χ0v) is 20.2. The number of unbranched alkanes of at least 4 members (excludes halogenated alkanes) is 1. The first-order chi connectivity index (χ1) is 17.1. The van der Waals surface area contributed by atoms with Gasteiger partial charge in [-0.15, -0.1) is 0 Å². The van der Waals surface area contributed by atoms with Crippen molar-refractivity contribution >= 4 is 5.97 Å². The Morgan fingerprint density at radius 3 is 2.23 bits per heavy atom. The number of nitrogens with zero attached hydrogens (tertiary/aromatic N) is 2. The maximum absolute atomic E-state index is 11.9. The zero-order chi connectivity index (χ0) is 24.5. The van der Waals surface area contributed by atoms with Crippen LogP contribution < -0.4 is 5.32 Å². The van der Waals surface area contributed by atoms with Gasteiger partial charge in [-0.2, -0.15) is 0 Å². The molecule has 5 nitrogen and oxygen atoms in total. The molecule has 1 atom stereocenters. The Bertz CT molecular complexity index is 1200. The van der Waals surface area contributed by atoms with Gasteiger partial charge in [0.05, 0.1) is 5.69 Å². The molecule has 0 aliphatic carbocycles. The van der Waals surface area contributed by atoms with Crippen molar-refractivity contribution in [2.75, 3.05) is 0 Å². The Kier molecular flexibility index (Phi) is 8.47. The largest absolute Gasteiger partial charge is 0.480 e. The number of imidazole rings is 1. The van der Waals surface area contributed by atoms with E-state index in [1.807, 2.05) is 42.6 Å². The molecule has 0 spiro atoms. The standard InChI is InChI=1S/C30H33N3O2/c1-2-3-14-29-32-21-27(20-31-28(30(34)35)19-23-10-6-4-7-11-23)33(29)22-24-15-17-26(18-16-24)25-12-8-5-9-13-25/h4-13,15-18,21,28,31H,2-3,14,19-20,22H2,1H3,(H,34,35). The summed E-state index contributed by atoms with van der Waals surface area (Å²) in [4.78, 5) is 16.6. The van der Waals surface area contributed by atoms with Crippen LogP contribution in [-0.4, -0.2) is 26.7 Å². The molecule has 0 amide bonds. The molecule has 0 fully saturated rings. The molecular formula is C30H33N3O2. The number of benzene rings is 3. The van der Waals surface area contributed by atoms with Crippen LogP contribution in [0.1, 0.15) is 42.4 Å². The molecule has 1 aromatic heterocycles. The molecule has 180 valence electrons. The van der Waals surface area contributed by atoms with Gasteiger partial charge in [0, 0.05) is 25.7 Å². The van der Waals surface area contributed by atoms with Gasteiger partial charge in [-0.1, -0.05) is 98.3 Å². The highest BCUT2D eigenvalue weighted by Crippen LogP contribution is 2.21. The minimum atomic E-state index is -0.845. The smallest absolute Gasteiger partial charge is 0.321 e. The number of nitrogens with one attached hydrogen (secondary N) is 1. The van der Waals surface area contributed by atoms with Crippen LogP contribution in [0.15, 0.2) is 91.1 Å². The maximum atomic E-state index is 11.9. The average Bonchev–Trinajstić information content (AvgIpc) is 3.27. The van der Waals surface area contributed by atoms with Crippen molar-refractivity contribution in [3.63, 3.8) is 0 Å². The Morgan fingerprint density at radius 1 is 0.914 bits per heavy atom.